The molecule has 0 spiro atoms. The Morgan fingerprint density at radius 1 is 1.10 bits per heavy atom. The number of hydrogen-bond donors (Lipinski definition) is 4. The van der Waals surface area contributed by atoms with Gasteiger partial charge in [-0.1, -0.05) is 0 Å². The first-order chi connectivity index (χ1) is 15.0. The van der Waals surface area contributed by atoms with Gasteiger partial charge in [0.2, 0.25) is 16.0 Å². The number of hydrogen-bond acceptors (Lipinski definition) is 8. The number of anilines is 4. The molecule has 1 aromatic heterocycles. The largest absolute Gasteiger partial charge is 0.508 e. The van der Waals surface area contributed by atoms with Crippen LogP contribution in [0.25, 0.3) is 0 Å². The molecule has 31 heavy (non-hydrogen) atoms. The van der Waals surface area contributed by atoms with Crippen LogP contribution in [-0.4, -0.2) is 48.3 Å². The van der Waals surface area contributed by atoms with Gasteiger partial charge < -0.3 is 20.4 Å². The molecular formula is C21H23N5O4S. The van der Waals surface area contributed by atoms with E-state index in [1.54, 1.807) is 30.5 Å². The molecule has 162 valence electrons. The lowest BCUT2D eigenvalue weighted by Gasteiger charge is -2.30. The maximum absolute atomic E-state index is 12.1. The summed E-state index contributed by atoms with van der Waals surface area (Å²) in [6.45, 7) is 0.499. The number of nitrogens with one attached hydrogen (secondary N) is 2. The molecule has 2 aromatic carbocycles. The van der Waals surface area contributed by atoms with Crippen LogP contribution < -0.4 is 14.9 Å². The molecule has 3 aromatic rings. The lowest BCUT2D eigenvalue weighted by Crippen LogP contribution is -2.26. The Morgan fingerprint density at radius 2 is 1.90 bits per heavy atom. The van der Waals surface area contributed by atoms with Crippen LogP contribution in [0, 0.1) is 0 Å². The highest BCUT2D eigenvalue weighted by Crippen LogP contribution is 2.34. The molecule has 0 saturated heterocycles. The van der Waals surface area contributed by atoms with Crippen molar-refractivity contribution in [3.8, 4) is 5.75 Å². The molecule has 9 nitrogen and oxygen atoms in total. The summed E-state index contributed by atoms with van der Waals surface area (Å²) >= 11 is 0. The van der Waals surface area contributed by atoms with E-state index in [0.717, 1.165) is 36.5 Å². The van der Waals surface area contributed by atoms with Gasteiger partial charge in [-0.15, -0.1) is 0 Å². The molecule has 0 amide bonds. The highest BCUT2D eigenvalue weighted by atomic mass is 32.2. The second-order valence-corrected chi connectivity index (χ2v) is 8.84. The molecule has 0 fully saturated rings. The lowest BCUT2D eigenvalue weighted by molar-refractivity contribution is 0.301. The van der Waals surface area contributed by atoms with Gasteiger partial charge in [0.1, 0.15) is 11.6 Å². The summed E-state index contributed by atoms with van der Waals surface area (Å²) in [5.41, 5.74) is 2.73. The highest BCUT2D eigenvalue weighted by molar-refractivity contribution is 7.89. The Balaban J connectivity index is 1.53. The highest BCUT2D eigenvalue weighted by Gasteiger charge is 2.20. The number of fused-ring (bicyclic) bond motifs is 1. The maximum Gasteiger partial charge on any atom is 0.240 e. The van der Waals surface area contributed by atoms with E-state index in [9.17, 15) is 13.5 Å². The van der Waals surface area contributed by atoms with Crippen molar-refractivity contribution in [3.05, 3.63) is 60.3 Å². The number of aliphatic hydroxyl groups is 1. The third kappa shape index (κ3) is 4.76. The zero-order chi connectivity index (χ0) is 21.8. The zero-order valence-corrected chi connectivity index (χ0v) is 17.5. The van der Waals surface area contributed by atoms with Crippen LogP contribution in [0.1, 0.15) is 12.0 Å². The van der Waals surface area contributed by atoms with Crippen LogP contribution in [0.15, 0.2) is 59.6 Å². The first kappa shape index (κ1) is 21.0. The number of aliphatic hydroxyl groups excluding tert-OH is 1. The number of phenols is 1. The SMILES string of the molecule is O=S(=O)(NCCO)c1ccc(Nc2nccc(N3CCCc4cc(O)ccc43)n2)cc1. The summed E-state index contributed by atoms with van der Waals surface area (Å²) < 4.78 is 26.5. The predicted octanol–water partition coefficient (Wildman–Crippen LogP) is 2.28. The molecule has 4 rings (SSSR count). The Kier molecular flexibility index (Phi) is 6.03. The third-order valence-electron chi connectivity index (χ3n) is 4.92. The van der Waals surface area contributed by atoms with Gasteiger partial charge in [0.25, 0.3) is 0 Å². The predicted molar refractivity (Wildman–Crippen MR) is 117 cm³/mol. The van der Waals surface area contributed by atoms with Crippen LogP contribution in [0.5, 0.6) is 5.75 Å². The summed E-state index contributed by atoms with van der Waals surface area (Å²) in [7, 11) is -3.66. The summed E-state index contributed by atoms with van der Waals surface area (Å²) in [5.74, 6) is 1.37. The lowest BCUT2D eigenvalue weighted by atomic mass is 10.0. The zero-order valence-electron chi connectivity index (χ0n) is 16.7. The van der Waals surface area contributed by atoms with E-state index < -0.39 is 10.0 Å². The van der Waals surface area contributed by atoms with E-state index in [1.165, 1.54) is 12.1 Å². The van der Waals surface area contributed by atoms with Crippen molar-refractivity contribution < 1.29 is 18.6 Å². The minimum Gasteiger partial charge on any atom is -0.508 e. The number of aryl methyl sites for hydroxylation is 1. The molecule has 0 aliphatic carbocycles. The van der Waals surface area contributed by atoms with Gasteiger partial charge >= 0.3 is 0 Å². The Hall–Kier alpha value is -3.21. The molecule has 1 aliphatic heterocycles. The molecule has 1 aliphatic rings. The number of aromatic hydroxyl groups is 1. The standard InChI is InChI=1S/C21H23N5O4S/c27-13-11-23-31(29,30)18-6-3-16(4-7-18)24-21-22-10-9-20(25-21)26-12-1-2-15-14-17(28)5-8-19(15)26/h3-10,14,23,27-28H,1-2,11-13H2,(H,22,24,25). The minimum absolute atomic E-state index is 0.0395. The fourth-order valence-electron chi connectivity index (χ4n) is 3.49. The molecule has 10 heteroatoms. The number of nitrogens with zero attached hydrogens (tertiary/aromatic N) is 3. The molecule has 0 atom stereocenters. The van der Waals surface area contributed by atoms with Crippen LogP contribution in [0.3, 0.4) is 0 Å². The van der Waals surface area contributed by atoms with Gasteiger partial charge in [0, 0.05) is 30.7 Å². The van der Waals surface area contributed by atoms with Gasteiger partial charge in [-0.3, -0.25) is 0 Å². The van der Waals surface area contributed by atoms with Crippen LogP contribution in [0.2, 0.25) is 0 Å². The van der Waals surface area contributed by atoms with Crippen molar-refractivity contribution in [1.82, 2.24) is 14.7 Å². The Labute approximate surface area is 180 Å². The molecule has 0 saturated carbocycles. The topological polar surface area (TPSA) is 128 Å². The quantitative estimate of drug-likeness (QED) is 0.440. The van der Waals surface area contributed by atoms with Crippen LogP contribution in [0.4, 0.5) is 23.1 Å². The van der Waals surface area contributed by atoms with Crippen molar-refractivity contribution in [2.24, 2.45) is 0 Å². The van der Waals surface area contributed by atoms with Gasteiger partial charge in [0.15, 0.2) is 0 Å². The average molecular weight is 442 g/mol. The van der Waals surface area contributed by atoms with Crippen LogP contribution >= 0.6 is 0 Å². The average Bonchev–Trinajstić information content (AvgIpc) is 2.78. The van der Waals surface area contributed by atoms with Crippen molar-refractivity contribution in [3.63, 3.8) is 0 Å². The minimum atomic E-state index is -3.66. The van der Waals surface area contributed by atoms with E-state index in [0.29, 0.717) is 11.6 Å². The van der Waals surface area contributed by atoms with E-state index in [4.69, 9.17) is 5.11 Å². The summed E-state index contributed by atoms with van der Waals surface area (Å²) in [6.07, 6.45) is 3.51. The van der Waals surface area contributed by atoms with E-state index >= 15 is 0 Å². The number of sulfonamides is 1. The van der Waals surface area contributed by atoms with Crippen molar-refractivity contribution in [2.75, 3.05) is 29.9 Å². The smallest absolute Gasteiger partial charge is 0.240 e. The fourth-order valence-corrected chi connectivity index (χ4v) is 4.51. The number of aromatic nitrogens is 2. The first-order valence-corrected chi connectivity index (χ1v) is 11.3. The van der Waals surface area contributed by atoms with Gasteiger partial charge in [-0.2, -0.15) is 4.98 Å². The molecule has 4 N–H and O–H groups in total. The summed E-state index contributed by atoms with van der Waals surface area (Å²) in [5, 5.41) is 21.7. The van der Waals surface area contributed by atoms with Crippen molar-refractivity contribution >= 4 is 33.2 Å². The molecule has 2 heterocycles. The van der Waals surface area contributed by atoms with Crippen LogP contribution in [-0.2, 0) is 16.4 Å². The number of rotatable bonds is 7. The van der Waals surface area contributed by atoms with E-state index in [-0.39, 0.29) is 23.8 Å². The second-order valence-electron chi connectivity index (χ2n) is 7.08. The Morgan fingerprint density at radius 3 is 2.68 bits per heavy atom. The van der Waals surface area contributed by atoms with Gasteiger partial charge in [0.05, 0.1) is 11.5 Å². The van der Waals surface area contributed by atoms with Gasteiger partial charge in [-0.25, -0.2) is 18.1 Å². The van der Waals surface area contributed by atoms with E-state index in [1.807, 2.05) is 12.1 Å². The fraction of sp³-hybridized carbons (Fsp3) is 0.238. The molecule has 0 bridgehead atoms. The first-order valence-electron chi connectivity index (χ1n) is 9.86. The van der Waals surface area contributed by atoms with Crippen molar-refractivity contribution in [2.45, 2.75) is 17.7 Å². The maximum atomic E-state index is 12.1. The molecule has 0 radical (unpaired) electrons. The summed E-state index contributed by atoms with van der Waals surface area (Å²) in [4.78, 5) is 11.1. The van der Waals surface area contributed by atoms with Crippen molar-refractivity contribution in [1.29, 1.82) is 0 Å². The summed E-state index contributed by atoms with van der Waals surface area (Å²) in [6, 6.07) is 13.4. The number of benzene rings is 2. The normalized spacial score (nSPS) is 13.6. The number of phenolic OH excluding ortho intramolecular Hbond substituents is 1. The third-order valence-corrected chi connectivity index (χ3v) is 6.40. The molecule has 0 unspecified atom stereocenters. The Bertz CT molecular complexity index is 1170. The van der Waals surface area contributed by atoms with Gasteiger partial charge in [-0.05, 0) is 66.9 Å². The molecular weight excluding hydrogens is 418 g/mol. The monoisotopic (exact) mass is 441 g/mol. The van der Waals surface area contributed by atoms with E-state index in [2.05, 4.69) is 24.9 Å². The second kappa shape index (κ2) is 8.88.